The largest absolute Gasteiger partial charge is 0.389 e. The fourth-order valence-electron chi connectivity index (χ4n) is 3.98. The third-order valence-corrected chi connectivity index (χ3v) is 5.27. The van der Waals surface area contributed by atoms with Crippen molar-refractivity contribution in [2.75, 3.05) is 11.9 Å². The lowest BCUT2D eigenvalue weighted by atomic mass is 9.95. The zero-order chi connectivity index (χ0) is 17.2. The maximum atomic E-state index is 10.6. The highest BCUT2D eigenvalue weighted by Crippen LogP contribution is 2.32. The normalized spacial score (nSPS) is 15.1. The molecule has 1 aliphatic rings. The van der Waals surface area contributed by atoms with E-state index in [0.29, 0.717) is 13.1 Å². The van der Waals surface area contributed by atoms with Gasteiger partial charge < -0.3 is 15.0 Å². The van der Waals surface area contributed by atoms with Crippen molar-refractivity contribution in [1.29, 1.82) is 0 Å². The van der Waals surface area contributed by atoms with Gasteiger partial charge in [0.1, 0.15) is 0 Å². The van der Waals surface area contributed by atoms with Crippen LogP contribution in [0.4, 0.5) is 5.69 Å². The molecule has 1 aromatic heterocycles. The number of para-hydroxylation sites is 1. The van der Waals surface area contributed by atoms with E-state index in [2.05, 4.69) is 65.3 Å². The molecule has 3 aromatic rings. The van der Waals surface area contributed by atoms with Crippen LogP contribution in [0.1, 0.15) is 29.7 Å². The van der Waals surface area contributed by atoms with Crippen molar-refractivity contribution in [3.8, 4) is 0 Å². The molecular formula is C22H26N2O. The Kier molecular flexibility index (Phi) is 4.50. The molecule has 4 rings (SSSR count). The molecule has 130 valence electrons. The van der Waals surface area contributed by atoms with E-state index in [1.54, 1.807) is 0 Å². The standard InChI is InChI=1S/C22H26N2O/c1-16-10-12-17(13-11-16)23-14-18(25)15-24-21-8-4-2-6-19(21)20-7-3-5-9-22(20)24/h2,4,6,8,10-13,18,23,25H,3,5,7,9,14-15H2,1H3/t18-/m0/s1. The minimum atomic E-state index is -0.414. The predicted molar refractivity (Wildman–Crippen MR) is 104 cm³/mol. The van der Waals surface area contributed by atoms with Gasteiger partial charge >= 0.3 is 0 Å². The Bertz CT molecular complexity index is 864. The molecule has 1 aliphatic carbocycles. The third-order valence-electron chi connectivity index (χ3n) is 5.27. The first kappa shape index (κ1) is 16.2. The van der Waals surface area contributed by atoms with Crippen molar-refractivity contribution in [3.63, 3.8) is 0 Å². The molecule has 0 aliphatic heterocycles. The van der Waals surface area contributed by atoms with Gasteiger partial charge in [0.2, 0.25) is 0 Å². The number of aryl methyl sites for hydroxylation is 2. The van der Waals surface area contributed by atoms with Crippen LogP contribution in [0.3, 0.4) is 0 Å². The van der Waals surface area contributed by atoms with Crippen LogP contribution in [0.2, 0.25) is 0 Å². The Morgan fingerprint density at radius 3 is 2.64 bits per heavy atom. The number of anilines is 1. The Morgan fingerprint density at radius 1 is 1.04 bits per heavy atom. The average molecular weight is 334 g/mol. The highest BCUT2D eigenvalue weighted by atomic mass is 16.3. The monoisotopic (exact) mass is 334 g/mol. The van der Waals surface area contributed by atoms with E-state index >= 15 is 0 Å². The summed E-state index contributed by atoms with van der Waals surface area (Å²) in [4.78, 5) is 0. The lowest BCUT2D eigenvalue weighted by molar-refractivity contribution is 0.167. The number of nitrogens with one attached hydrogen (secondary N) is 1. The summed E-state index contributed by atoms with van der Waals surface area (Å²) in [5.41, 5.74) is 6.51. The molecule has 3 heteroatoms. The van der Waals surface area contributed by atoms with Gasteiger partial charge in [-0.2, -0.15) is 0 Å². The fraction of sp³-hybridized carbons (Fsp3) is 0.364. The van der Waals surface area contributed by atoms with Crippen molar-refractivity contribution in [3.05, 3.63) is 65.4 Å². The van der Waals surface area contributed by atoms with Crippen molar-refractivity contribution in [2.45, 2.75) is 45.3 Å². The molecule has 0 spiro atoms. The molecule has 2 N–H and O–H groups in total. The van der Waals surface area contributed by atoms with Gasteiger partial charge in [-0.1, -0.05) is 35.9 Å². The molecule has 2 aromatic carbocycles. The molecule has 1 heterocycles. The van der Waals surface area contributed by atoms with Gasteiger partial charge in [-0.25, -0.2) is 0 Å². The molecule has 0 bridgehead atoms. The summed E-state index contributed by atoms with van der Waals surface area (Å²) in [5.74, 6) is 0. The van der Waals surface area contributed by atoms with Crippen LogP contribution < -0.4 is 5.32 Å². The number of aromatic nitrogens is 1. The first-order chi connectivity index (χ1) is 12.2. The Balaban J connectivity index is 1.53. The minimum absolute atomic E-state index is 0.414. The van der Waals surface area contributed by atoms with Crippen LogP contribution in [0, 0.1) is 6.92 Å². The van der Waals surface area contributed by atoms with Crippen LogP contribution in [-0.4, -0.2) is 22.3 Å². The van der Waals surface area contributed by atoms with Crippen LogP contribution >= 0.6 is 0 Å². The van der Waals surface area contributed by atoms with Gasteiger partial charge in [-0.15, -0.1) is 0 Å². The quantitative estimate of drug-likeness (QED) is 0.730. The van der Waals surface area contributed by atoms with Gasteiger partial charge in [0, 0.05) is 28.8 Å². The number of hydrogen-bond acceptors (Lipinski definition) is 2. The molecule has 0 saturated carbocycles. The summed E-state index contributed by atoms with van der Waals surface area (Å²) in [6.07, 6.45) is 4.41. The zero-order valence-electron chi connectivity index (χ0n) is 14.8. The summed E-state index contributed by atoms with van der Waals surface area (Å²) in [7, 11) is 0. The number of fused-ring (bicyclic) bond motifs is 3. The second kappa shape index (κ2) is 6.93. The van der Waals surface area contributed by atoms with Crippen molar-refractivity contribution in [2.24, 2.45) is 0 Å². The molecule has 0 amide bonds. The highest BCUT2D eigenvalue weighted by Gasteiger charge is 2.20. The van der Waals surface area contributed by atoms with Gasteiger partial charge in [-0.3, -0.25) is 0 Å². The maximum absolute atomic E-state index is 10.6. The summed E-state index contributed by atoms with van der Waals surface area (Å²) in [5, 5.41) is 15.3. The number of hydrogen-bond donors (Lipinski definition) is 2. The number of nitrogens with zero attached hydrogens (tertiary/aromatic N) is 1. The number of rotatable bonds is 5. The van der Waals surface area contributed by atoms with Crippen molar-refractivity contribution < 1.29 is 5.11 Å². The zero-order valence-corrected chi connectivity index (χ0v) is 14.8. The summed E-state index contributed by atoms with van der Waals surface area (Å²) < 4.78 is 2.35. The smallest absolute Gasteiger partial charge is 0.0891 e. The van der Waals surface area contributed by atoms with Crippen molar-refractivity contribution >= 4 is 16.6 Å². The molecule has 0 saturated heterocycles. The molecule has 0 fully saturated rings. The Labute approximate surface area is 149 Å². The fourth-order valence-corrected chi connectivity index (χ4v) is 3.98. The van der Waals surface area contributed by atoms with E-state index < -0.39 is 6.10 Å². The number of aliphatic hydroxyl groups is 1. The number of aliphatic hydroxyl groups excluding tert-OH is 1. The first-order valence-electron chi connectivity index (χ1n) is 9.30. The lowest BCUT2D eigenvalue weighted by Gasteiger charge is -2.19. The third kappa shape index (κ3) is 3.29. The second-order valence-corrected chi connectivity index (χ2v) is 7.16. The van der Waals surface area contributed by atoms with E-state index in [9.17, 15) is 5.11 Å². The molecule has 0 unspecified atom stereocenters. The predicted octanol–water partition coefficient (Wildman–Crippen LogP) is 4.30. The first-order valence-corrected chi connectivity index (χ1v) is 9.30. The van der Waals surface area contributed by atoms with Gasteiger partial charge in [0.25, 0.3) is 0 Å². The highest BCUT2D eigenvalue weighted by molar-refractivity contribution is 5.85. The van der Waals surface area contributed by atoms with Crippen LogP contribution in [0.5, 0.6) is 0 Å². The summed E-state index contributed by atoms with van der Waals surface area (Å²) >= 11 is 0. The van der Waals surface area contributed by atoms with E-state index in [4.69, 9.17) is 0 Å². The van der Waals surface area contributed by atoms with Gasteiger partial charge in [-0.05, 0) is 56.4 Å². The minimum Gasteiger partial charge on any atom is -0.389 e. The van der Waals surface area contributed by atoms with E-state index in [0.717, 1.165) is 12.1 Å². The average Bonchev–Trinajstić information content (AvgIpc) is 2.96. The van der Waals surface area contributed by atoms with E-state index in [-0.39, 0.29) is 0 Å². The van der Waals surface area contributed by atoms with Crippen LogP contribution in [-0.2, 0) is 19.4 Å². The van der Waals surface area contributed by atoms with Gasteiger partial charge in [0.15, 0.2) is 0 Å². The number of benzene rings is 2. The van der Waals surface area contributed by atoms with E-state index in [1.807, 2.05) is 0 Å². The molecular weight excluding hydrogens is 308 g/mol. The summed E-state index contributed by atoms with van der Waals surface area (Å²) in [6, 6.07) is 16.9. The SMILES string of the molecule is Cc1ccc(NC[C@H](O)Cn2c3c(c4ccccc42)CCCC3)cc1. The van der Waals surface area contributed by atoms with Crippen LogP contribution in [0.15, 0.2) is 48.5 Å². The lowest BCUT2D eigenvalue weighted by Crippen LogP contribution is -2.26. The molecule has 1 atom stereocenters. The summed E-state index contributed by atoms with van der Waals surface area (Å²) in [6.45, 7) is 3.29. The Hall–Kier alpha value is -2.26. The molecule has 25 heavy (non-hydrogen) atoms. The van der Waals surface area contributed by atoms with Crippen LogP contribution in [0.25, 0.3) is 10.9 Å². The topological polar surface area (TPSA) is 37.2 Å². The maximum Gasteiger partial charge on any atom is 0.0891 e. The second-order valence-electron chi connectivity index (χ2n) is 7.16. The van der Waals surface area contributed by atoms with Gasteiger partial charge in [0.05, 0.1) is 12.6 Å². The van der Waals surface area contributed by atoms with E-state index in [1.165, 1.54) is 47.0 Å². The molecule has 3 nitrogen and oxygen atoms in total. The Morgan fingerprint density at radius 2 is 1.80 bits per heavy atom. The van der Waals surface area contributed by atoms with Crippen molar-refractivity contribution in [1.82, 2.24) is 4.57 Å². The molecule has 0 radical (unpaired) electrons.